The molecule has 2 heterocycles. The van der Waals surface area contributed by atoms with Gasteiger partial charge in [-0.25, -0.2) is 0 Å². The van der Waals surface area contributed by atoms with Gasteiger partial charge < -0.3 is 19.7 Å². The molecule has 1 amide bonds. The molecule has 0 aliphatic carbocycles. The zero-order chi connectivity index (χ0) is 23.9. The lowest BCUT2D eigenvalue weighted by molar-refractivity contribution is -0.147. The second-order valence-electron chi connectivity index (χ2n) is 8.66. The highest BCUT2D eigenvalue weighted by atomic mass is 35.5. The van der Waals surface area contributed by atoms with Gasteiger partial charge in [-0.05, 0) is 55.5 Å². The van der Waals surface area contributed by atoms with E-state index in [0.29, 0.717) is 41.8 Å². The first-order chi connectivity index (χ1) is 15.7. The van der Waals surface area contributed by atoms with Gasteiger partial charge in [0.05, 0.1) is 27.0 Å². The van der Waals surface area contributed by atoms with E-state index in [1.54, 1.807) is 10.6 Å². The number of aliphatic carboxylic acids is 1. The van der Waals surface area contributed by atoms with Crippen molar-refractivity contribution < 1.29 is 19.4 Å². The summed E-state index contributed by atoms with van der Waals surface area (Å²) < 4.78 is 7.17. The fraction of sp³-hybridized carbons (Fsp3) is 0.360. The van der Waals surface area contributed by atoms with Gasteiger partial charge in [-0.15, -0.1) is 0 Å². The van der Waals surface area contributed by atoms with Crippen LogP contribution in [0.5, 0.6) is 0 Å². The van der Waals surface area contributed by atoms with E-state index in [2.05, 4.69) is 5.32 Å². The van der Waals surface area contributed by atoms with E-state index in [0.717, 1.165) is 27.6 Å². The van der Waals surface area contributed by atoms with Gasteiger partial charge in [-0.3, -0.25) is 9.59 Å². The standard InChI is InChI=1S/C25H26Cl2N2O4/c1-14-12-19-18(22(27)21(14)26)13-20(29(19)3)23(30)28-15(2)16-4-6-17(7-5-16)25(24(31)32)8-10-33-11-9-25/h4-7,12-13,15H,8-11H2,1-3H3,(H,28,30)(H,31,32)/t15-/m1/s1. The summed E-state index contributed by atoms with van der Waals surface area (Å²) in [4.78, 5) is 25.1. The Bertz CT molecular complexity index is 1230. The number of carboxylic acids is 1. The van der Waals surface area contributed by atoms with Crippen LogP contribution >= 0.6 is 23.2 Å². The largest absolute Gasteiger partial charge is 0.481 e. The smallest absolute Gasteiger partial charge is 0.314 e. The molecular formula is C25H26Cl2N2O4. The molecule has 3 aromatic rings. The molecule has 0 bridgehead atoms. The van der Waals surface area contributed by atoms with E-state index < -0.39 is 11.4 Å². The average Bonchev–Trinajstić information content (AvgIpc) is 3.14. The third kappa shape index (κ3) is 4.12. The Hall–Kier alpha value is -2.54. The first kappa shape index (κ1) is 23.6. The molecule has 0 unspecified atom stereocenters. The maximum atomic E-state index is 13.1. The Morgan fingerprint density at radius 3 is 2.36 bits per heavy atom. The number of halogens is 2. The van der Waals surface area contributed by atoms with Crippen molar-refractivity contribution in [1.82, 2.24) is 9.88 Å². The molecule has 0 radical (unpaired) electrons. The Morgan fingerprint density at radius 2 is 1.76 bits per heavy atom. The molecule has 4 rings (SSSR count). The van der Waals surface area contributed by atoms with Crippen LogP contribution in [-0.2, 0) is 22.0 Å². The van der Waals surface area contributed by atoms with Crippen LogP contribution in [0.4, 0.5) is 0 Å². The zero-order valence-corrected chi connectivity index (χ0v) is 20.3. The van der Waals surface area contributed by atoms with E-state index in [1.165, 1.54) is 0 Å². The highest BCUT2D eigenvalue weighted by Crippen LogP contribution is 2.37. The van der Waals surface area contributed by atoms with Gasteiger partial charge in [0.1, 0.15) is 5.69 Å². The van der Waals surface area contributed by atoms with Crippen LogP contribution < -0.4 is 5.32 Å². The molecule has 8 heteroatoms. The van der Waals surface area contributed by atoms with Crippen LogP contribution in [0.25, 0.3) is 10.9 Å². The third-order valence-corrected chi connectivity index (χ3v) is 7.68. The topological polar surface area (TPSA) is 80.6 Å². The highest BCUT2D eigenvalue weighted by Gasteiger charge is 2.41. The maximum Gasteiger partial charge on any atom is 0.314 e. The second-order valence-corrected chi connectivity index (χ2v) is 9.42. The summed E-state index contributed by atoms with van der Waals surface area (Å²) in [6.07, 6.45) is 0.891. The number of carbonyl (C=O) groups excluding carboxylic acids is 1. The summed E-state index contributed by atoms with van der Waals surface area (Å²) in [7, 11) is 1.82. The number of amides is 1. The molecule has 1 aliphatic rings. The second kappa shape index (κ2) is 9.01. The molecule has 33 heavy (non-hydrogen) atoms. The predicted octanol–water partition coefficient (Wildman–Crippen LogP) is 5.42. The predicted molar refractivity (Wildman–Crippen MR) is 129 cm³/mol. The van der Waals surface area contributed by atoms with Gasteiger partial charge in [0.25, 0.3) is 5.91 Å². The maximum absolute atomic E-state index is 13.1. The fourth-order valence-corrected chi connectivity index (χ4v) is 4.99. The SMILES string of the molecule is Cc1cc2c(cc(C(=O)N[C@H](C)c3ccc(C4(C(=O)O)CCOCC4)cc3)n2C)c(Cl)c1Cl. The normalized spacial score (nSPS) is 16.5. The first-order valence-corrected chi connectivity index (χ1v) is 11.6. The van der Waals surface area contributed by atoms with Crippen LogP contribution in [0, 0.1) is 6.92 Å². The van der Waals surface area contributed by atoms with Gasteiger partial charge >= 0.3 is 5.97 Å². The number of nitrogens with zero attached hydrogens (tertiary/aromatic N) is 1. The molecular weight excluding hydrogens is 463 g/mol. The van der Waals surface area contributed by atoms with E-state index in [4.69, 9.17) is 27.9 Å². The van der Waals surface area contributed by atoms with Crippen LogP contribution in [0.15, 0.2) is 36.4 Å². The highest BCUT2D eigenvalue weighted by molar-refractivity contribution is 6.45. The van der Waals surface area contributed by atoms with Crippen molar-refractivity contribution in [2.45, 2.75) is 38.1 Å². The molecule has 174 valence electrons. The van der Waals surface area contributed by atoms with Crippen molar-refractivity contribution in [2.24, 2.45) is 7.05 Å². The van der Waals surface area contributed by atoms with Crippen LogP contribution in [0.1, 0.15) is 53.0 Å². The number of hydrogen-bond acceptors (Lipinski definition) is 3. The Morgan fingerprint density at radius 1 is 1.12 bits per heavy atom. The average molecular weight is 489 g/mol. The minimum atomic E-state index is -0.926. The molecule has 1 aromatic heterocycles. The number of nitrogens with one attached hydrogen (secondary N) is 1. The third-order valence-electron chi connectivity index (χ3n) is 6.71. The lowest BCUT2D eigenvalue weighted by Crippen LogP contribution is -2.41. The van der Waals surface area contributed by atoms with Crippen molar-refractivity contribution >= 4 is 46.0 Å². The van der Waals surface area contributed by atoms with E-state index >= 15 is 0 Å². The molecule has 1 fully saturated rings. The quantitative estimate of drug-likeness (QED) is 0.502. The van der Waals surface area contributed by atoms with Crippen LogP contribution in [0.2, 0.25) is 10.0 Å². The van der Waals surface area contributed by atoms with Crippen molar-refractivity contribution in [3.63, 3.8) is 0 Å². The van der Waals surface area contributed by atoms with Crippen LogP contribution in [0.3, 0.4) is 0 Å². The number of benzene rings is 2. The van der Waals surface area contributed by atoms with Gasteiger partial charge in [0, 0.05) is 25.6 Å². The fourth-order valence-electron chi connectivity index (χ4n) is 4.54. The Balaban J connectivity index is 1.56. The van der Waals surface area contributed by atoms with Crippen molar-refractivity contribution in [1.29, 1.82) is 0 Å². The van der Waals surface area contributed by atoms with Gasteiger partial charge in [-0.1, -0.05) is 47.5 Å². The number of hydrogen-bond donors (Lipinski definition) is 2. The number of aryl methyl sites for hydroxylation is 2. The number of carbonyl (C=O) groups is 2. The van der Waals surface area contributed by atoms with Gasteiger partial charge in [0.15, 0.2) is 0 Å². The number of fused-ring (bicyclic) bond motifs is 1. The summed E-state index contributed by atoms with van der Waals surface area (Å²) >= 11 is 12.7. The monoisotopic (exact) mass is 488 g/mol. The minimum absolute atomic E-state index is 0.235. The molecule has 2 N–H and O–H groups in total. The number of ether oxygens (including phenoxy) is 1. The van der Waals surface area contributed by atoms with Gasteiger partial charge in [-0.2, -0.15) is 0 Å². The molecule has 1 atom stereocenters. The number of carboxylic acid groups (broad SMARTS) is 1. The lowest BCUT2D eigenvalue weighted by atomic mass is 9.74. The summed E-state index contributed by atoms with van der Waals surface area (Å²) in [6.45, 7) is 4.63. The van der Waals surface area contributed by atoms with Crippen molar-refractivity contribution in [2.75, 3.05) is 13.2 Å². The van der Waals surface area contributed by atoms with E-state index in [9.17, 15) is 14.7 Å². The summed E-state index contributed by atoms with van der Waals surface area (Å²) in [5, 5.41) is 14.5. The zero-order valence-electron chi connectivity index (χ0n) is 18.7. The summed E-state index contributed by atoms with van der Waals surface area (Å²) in [5.41, 5.74) is 2.87. The summed E-state index contributed by atoms with van der Waals surface area (Å²) in [6, 6.07) is 10.8. The lowest BCUT2D eigenvalue weighted by Gasteiger charge is -2.33. The Labute approximate surface area is 202 Å². The molecule has 0 saturated carbocycles. The van der Waals surface area contributed by atoms with Crippen molar-refractivity contribution in [3.05, 3.63) is 68.8 Å². The molecule has 1 aliphatic heterocycles. The first-order valence-electron chi connectivity index (χ1n) is 10.8. The molecule has 1 saturated heterocycles. The molecule has 6 nitrogen and oxygen atoms in total. The van der Waals surface area contributed by atoms with E-state index in [1.807, 2.05) is 51.2 Å². The molecule has 0 spiro atoms. The minimum Gasteiger partial charge on any atom is -0.481 e. The summed E-state index contributed by atoms with van der Waals surface area (Å²) in [5.74, 6) is -1.06. The van der Waals surface area contributed by atoms with E-state index in [-0.39, 0.29) is 11.9 Å². The Kier molecular flexibility index (Phi) is 6.45. The number of rotatable bonds is 5. The van der Waals surface area contributed by atoms with Gasteiger partial charge in [0.2, 0.25) is 0 Å². The van der Waals surface area contributed by atoms with Crippen molar-refractivity contribution in [3.8, 4) is 0 Å². The van der Waals surface area contributed by atoms with Crippen LogP contribution in [-0.4, -0.2) is 34.8 Å². The molecule has 2 aromatic carbocycles. The number of aromatic nitrogens is 1.